The Balaban J connectivity index is 0.00000338. The largest absolute Gasteiger partial charge is 0.401 e. The zero-order valence-electron chi connectivity index (χ0n) is 15.2. The molecular weight excluding hydrogens is 460 g/mol. The maximum atomic E-state index is 12.5. The Morgan fingerprint density at radius 3 is 2.77 bits per heavy atom. The molecule has 2 heterocycles. The minimum absolute atomic E-state index is 0. The van der Waals surface area contributed by atoms with Gasteiger partial charge in [-0.05, 0) is 12.5 Å². The average molecular weight is 486 g/mol. The molecule has 1 aromatic heterocycles. The molecule has 1 aliphatic rings. The maximum Gasteiger partial charge on any atom is 0.401 e. The van der Waals surface area contributed by atoms with Gasteiger partial charge in [-0.25, -0.2) is 4.98 Å². The van der Waals surface area contributed by atoms with Crippen LogP contribution in [0.5, 0.6) is 0 Å². The van der Waals surface area contributed by atoms with Crippen LogP contribution < -0.4 is 15.5 Å². The van der Waals surface area contributed by atoms with Crippen molar-refractivity contribution in [2.45, 2.75) is 25.2 Å². The fourth-order valence-electron chi connectivity index (χ4n) is 2.89. The molecule has 0 saturated carbocycles. The number of likely N-dealkylation sites (tertiary alicyclic amines) is 1. The molecule has 1 saturated heterocycles. The number of alkyl halides is 3. The quantitative estimate of drug-likeness (QED) is 0.380. The van der Waals surface area contributed by atoms with E-state index in [2.05, 4.69) is 20.6 Å². The van der Waals surface area contributed by atoms with Crippen LogP contribution in [0.25, 0.3) is 0 Å². The van der Waals surface area contributed by atoms with Gasteiger partial charge >= 0.3 is 6.18 Å². The van der Waals surface area contributed by atoms with Crippen LogP contribution in [0.1, 0.15) is 12.0 Å². The van der Waals surface area contributed by atoms with Crippen molar-refractivity contribution in [1.29, 1.82) is 0 Å². The fourth-order valence-corrected chi connectivity index (χ4v) is 2.89. The van der Waals surface area contributed by atoms with Crippen LogP contribution >= 0.6 is 24.0 Å². The van der Waals surface area contributed by atoms with Gasteiger partial charge in [0, 0.05) is 58.6 Å². The minimum atomic E-state index is -4.16. The van der Waals surface area contributed by atoms with E-state index in [1.54, 1.807) is 13.2 Å². The van der Waals surface area contributed by atoms with Gasteiger partial charge in [-0.2, -0.15) is 13.2 Å². The second kappa shape index (κ2) is 10.1. The lowest BCUT2D eigenvalue weighted by molar-refractivity contribution is -0.143. The standard InChI is InChI=1S/C16H25F3N6.HI/c1-20-15(22-9-12-5-4-7-21-14(12)24(2)3)23-13-6-8-25(10-13)11-16(17,18)19;/h4-5,7,13H,6,8-11H2,1-3H3,(H2,20,22,23);1H. The summed E-state index contributed by atoms with van der Waals surface area (Å²) in [5, 5.41) is 6.40. The molecule has 0 aromatic carbocycles. The first-order valence-electron chi connectivity index (χ1n) is 8.16. The minimum Gasteiger partial charge on any atom is -0.362 e. The van der Waals surface area contributed by atoms with E-state index in [0.717, 1.165) is 11.4 Å². The molecule has 10 heteroatoms. The van der Waals surface area contributed by atoms with Crippen molar-refractivity contribution < 1.29 is 13.2 Å². The molecule has 2 rings (SSSR count). The van der Waals surface area contributed by atoms with Gasteiger partial charge in [0.15, 0.2) is 5.96 Å². The third-order valence-corrected chi connectivity index (χ3v) is 3.98. The van der Waals surface area contributed by atoms with Gasteiger partial charge in [0.1, 0.15) is 5.82 Å². The highest BCUT2D eigenvalue weighted by molar-refractivity contribution is 14.0. The second-order valence-electron chi connectivity index (χ2n) is 6.29. The monoisotopic (exact) mass is 486 g/mol. The summed E-state index contributed by atoms with van der Waals surface area (Å²) in [7, 11) is 5.49. The number of aromatic nitrogens is 1. The van der Waals surface area contributed by atoms with Crippen molar-refractivity contribution in [3.8, 4) is 0 Å². The zero-order chi connectivity index (χ0) is 18.4. The summed E-state index contributed by atoms with van der Waals surface area (Å²) in [6.45, 7) is 0.455. The number of hydrogen-bond acceptors (Lipinski definition) is 4. The third kappa shape index (κ3) is 7.14. The van der Waals surface area contributed by atoms with Crippen molar-refractivity contribution in [2.75, 3.05) is 45.7 Å². The molecule has 1 unspecified atom stereocenters. The first-order valence-corrected chi connectivity index (χ1v) is 8.16. The van der Waals surface area contributed by atoms with Crippen LogP contribution in [-0.2, 0) is 6.54 Å². The van der Waals surface area contributed by atoms with Crippen molar-refractivity contribution in [2.24, 2.45) is 4.99 Å². The molecule has 0 radical (unpaired) electrons. The van der Waals surface area contributed by atoms with Crippen molar-refractivity contribution in [3.05, 3.63) is 23.9 Å². The van der Waals surface area contributed by atoms with Gasteiger partial charge in [-0.15, -0.1) is 24.0 Å². The van der Waals surface area contributed by atoms with Gasteiger partial charge in [-0.3, -0.25) is 9.89 Å². The first-order chi connectivity index (χ1) is 11.8. The maximum absolute atomic E-state index is 12.5. The number of hydrogen-bond donors (Lipinski definition) is 2. The van der Waals surface area contributed by atoms with Crippen LogP contribution in [0, 0.1) is 0 Å². The summed E-state index contributed by atoms with van der Waals surface area (Å²) in [6.07, 6.45) is -1.76. The molecular formula is C16H26F3IN6. The van der Waals surface area contributed by atoms with Crippen LogP contribution in [0.2, 0.25) is 0 Å². The summed E-state index contributed by atoms with van der Waals surface area (Å²) in [5.74, 6) is 1.44. The van der Waals surface area contributed by atoms with Gasteiger partial charge in [-0.1, -0.05) is 6.07 Å². The average Bonchev–Trinajstić information content (AvgIpc) is 2.96. The molecule has 148 valence electrons. The molecule has 0 aliphatic carbocycles. The summed E-state index contributed by atoms with van der Waals surface area (Å²) in [5.41, 5.74) is 1.01. The highest BCUT2D eigenvalue weighted by atomic mass is 127. The van der Waals surface area contributed by atoms with E-state index in [1.807, 2.05) is 31.1 Å². The second-order valence-corrected chi connectivity index (χ2v) is 6.29. The predicted molar refractivity (Wildman–Crippen MR) is 108 cm³/mol. The van der Waals surface area contributed by atoms with Crippen LogP contribution in [0.4, 0.5) is 19.0 Å². The molecule has 1 aliphatic heterocycles. The highest BCUT2D eigenvalue weighted by Gasteiger charge is 2.34. The molecule has 0 bridgehead atoms. The number of pyridine rings is 1. The molecule has 1 aromatic rings. The van der Waals surface area contributed by atoms with Crippen LogP contribution in [-0.4, -0.2) is 68.8 Å². The van der Waals surface area contributed by atoms with E-state index in [0.29, 0.717) is 32.0 Å². The molecule has 26 heavy (non-hydrogen) atoms. The van der Waals surface area contributed by atoms with Crippen molar-refractivity contribution in [1.82, 2.24) is 20.5 Å². The fraction of sp³-hybridized carbons (Fsp3) is 0.625. The lowest BCUT2D eigenvalue weighted by Gasteiger charge is -2.20. The summed E-state index contributed by atoms with van der Waals surface area (Å²) in [4.78, 5) is 11.8. The van der Waals surface area contributed by atoms with E-state index >= 15 is 0 Å². The van der Waals surface area contributed by atoms with E-state index in [1.165, 1.54) is 4.90 Å². The lowest BCUT2D eigenvalue weighted by Crippen LogP contribution is -2.45. The third-order valence-electron chi connectivity index (χ3n) is 3.98. The number of rotatable bonds is 5. The lowest BCUT2D eigenvalue weighted by atomic mass is 10.2. The first kappa shape index (κ1) is 22.7. The Hall–Kier alpha value is -1.30. The molecule has 6 nitrogen and oxygen atoms in total. The van der Waals surface area contributed by atoms with Crippen molar-refractivity contribution in [3.63, 3.8) is 0 Å². The van der Waals surface area contributed by atoms with E-state index in [9.17, 15) is 13.2 Å². The topological polar surface area (TPSA) is 55.8 Å². The number of anilines is 1. The van der Waals surface area contributed by atoms with E-state index in [-0.39, 0.29) is 30.0 Å². The summed E-state index contributed by atoms with van der Waals surface area (Å²) in [6, 6.07) is 3.80. The molecule has 2 N–H and O–H groups in total. The van der Waals surface area contributed by atoms with Gasteiger partial charge < -0.3 is 15.5 Å². The summed E-state index contributed by atoms with van der Waals surface area (Å²) < 4.78 is 37.4. The Labute approximate surface area is 169 Å². The predicted octanol–water partition coefficient (Wildman–Crippen LogP) is 2.07. The molecule has 0 spiro atoms. The zero-order valence-corrected chi connectivity index (χ0v) is 17.5. The van der Waals surface area contributed by atoms with E-state index < -0.39 is 12.7 Å². The van der Waals surface area contributed by atoms with Gasteiger partial charge in [0.05, 0.1) is 6.54 Å². The van der Waals surface area contributed by atoms with E-state index in [4.69, 9.17) is 0 Å². The number of aliphatic imine (C=N–C) groups is 1. The van der Waals surface area contributed by atoms with Crippen LogP contribution in [0.3, 0.4) is 0 Å². The SMILES string of the molecule is CN=C(NCc1cccnc1N(C)C)NC1CCN(CC(F)(F)F)C1.I. The number of nitrogens with one attached hydrogen (secondary N) is 2. The Morgan fingerprint density at radius 1 is 1.42 bits per heavy atom. The molecule has 1 fully saturated rings. The number of halogens is 4. The summed E-state index contributed by atoms with van der Waals surface area (Å²) >= 11 is 0. The van der Waals surface area contributed by atoms with Gasteiger partial charge in [0.2, 0.25) is 0 Å². The number of guanidine groups is 1. The molecule has 1 atom stereocenters. The Bertz CT molecular complexity index is 594. The Kier molecular flexibility index (Phi) is 8.87. The smallest absolute Gasteiger partial charge is 0.362 e. The van der Waals surface area contributed by atoms with Crippen LogP contribution in [0.15, 0.2) is 23.3 Å². The van der Waals surface area contributed by atoms with Crippen molar-refractivity contribution >= 4 is 35.8 Å². The highest BCUT2D eigenvalue weighted by Crippen LogP contribution is 2.20. The Morgan fingerprint density at radius 2 is 2.15 bits per heavy atom. The number of nitrogens with zero attached hydrogens (tertiary/aromatic N) is 4. The molecule has 0 amide bonds. The normalized spacial score (nSPS) is 18.4. The van der Waals surface area contributed by atoms with Gasteiger partial charge in [0.25, 0.3) is 0 Å².